The summed E-state index contributed by atoms with van der Waals surface area (Å²) in [5, 5.41) is 26.1. The lowest BCUT2D eigenvalue weighted by Gasteiger charge is -2.13. The molecule has 0 aromatic rings. The molecule has 3 atom stereocenters. The molecule has 0 saturated carbocycles. The predicted octanol–water partition coefficient (Wildman–Crippen LogP) is 10.8. The number of nitrogens with zero attached hydrogens (tertiary/aromatic N) is 3. The number of fused-ring (bicyclic) bond motifs is 5. The third-order valence-electron chi connectivity index (χ3n) is 12.0. The van der Waals surface area contributed by atoms with Crippen molar-refractivity contribution >= 4 is 23.1 Å². The van der Waals surface area contributed by atoms with E-state index in [-0.39, 0.29) is 30.8 Å². The first-order chi connectivity index (χ1) is 26.7. The molecule has 8 bridgehead atoms. The quantitative estimate of drug-likeness (QED) is 0.128. The minimum absolute atomic E-state index is 0.194. The molecule has 1 fully saturated rings. The summed E-state index contributed by atoms with van der Waals surface area (Å²) in [4.78, 5) is 28.6. The molecule has 3 N–H and O–H groups in total. The molecular formula is C48H60N4O4. The van der Waals surface area contributed by atoms with Gasteiger partial charge in [0.05, 0.1) is 40.3 Å². The molecule has 0 radical (unpaired) electrons. The molecule has 0 spiro atoms. The number of hydrogen-bond acceptors (Lipinski definition) is 8. The molecule has 1 aliphatic carbocycles. The first-order valence-corrected chi connectivity index (χ1v) is 20.4. The van der Waals surface area contributed by atoms with Gasteiger partial charge in [0.15, 0.2) is 0 Å². The van der Waals surface area contributed by atoms with Crippen LogP contribution in [-0.4, -0.2) is 46.0 Å². The molecule has 5 heterocycles. The monoisotopic (exact) mass is 756 g/mol. The summed E-state index contributed by atoms with van der Waals surface area (Å²) in [5.74, 6) is 0.492. The molecule has 1 unspecified atom stereocenters. The second-order valence-electron chi connectivity index (χ2n) is 16.4. The lowest BCUT2D eigenvalue weighted by Crippen LogP contribution is -2.15. The molecule has 56 heavy (non-hydrogen) atoms. The van der Waals surface area contributed by atoms with Crippen molar-refractivity contribution in [2.24, 2.45) is 26.8 Å². The Morgan fingerprint density at radius 1 is 0.911 bits per heavy atom. The SMILES string of the molecule is CC[C@H]1C2=CC3=C(C)C4=C(O)CC(=C5N=C(C=C6N=C(C=C(N2)[C@@H]1C)C(C(C)O)=C6C)C(C)=C5CCC(=O)OC/C=C(\C)CC/C=C(\C)CCC=C(C)C)C4=N3. The lowest BCUT2D eigenvalue weighted by molar-refractivity contribution is -0.142. The second-order valence-corrected chi connectivity index (χ2v) is 16.4. The maximum absolute atomic E-state index is 13.2. The number of hydrogen-bond donors (Lipinski definition) is 3. The maximum Gasteiger partial charge on any atom is 0.306 e. The van der Waals surface area contributed by atoms with E-state index in [0.29, 0.717) is 18.6 Å². The highest BCUT2D eigenvalue weighted by atomic mass is 16.5. The fourth-order valence-corrected chi connectivity index (χ4v) is 8.58. The van der Waals surface area contributed by atoms with E-state index in [4.69, 9.17) is 19.7 Å². The highest BCUT2D eigenvalue weighted by Crippen LogP contribution is 2.45. The van der Waals surface area contributed by atoms with E-state index in [1.165, 1.54) is 16.7 Å². The summed E-state index contributed by atoms with van der Waals surface area (Å²) in [5.41, 5.74) is 16.8. The van der Waals surface area contributed by atoms with Crippen molar-refractivity contribution in [2.75, 3.05) is 6.61 Å². The van der Waals surface area contributed by atoms with Crippen molar-refractivity contribution in [3.05, 3.63) is 126 Å². The lowest BCUT2D eigenvalue weighted by atomic mass is 9.89. The molecule has 296 valence electrons. The number of allylic oxidation sites excluding steroid dienone is 16. The molecule has 0 amide bonds. The Labute approximate surface area is 333 Å². The van der Waals surface area contributed by atoms with Gasteiger partial charge in [0.25, 0.3) is 0 Å². The van der Waals surface area contributed by atoms with Crippen LogP contribution < -0.4 is 5.32 Å². The van der Waals surface area contributed by atoms with Crippen LogP contribution in [0.1, 0.15) is 121 Å². The van der Waals surface area contributed by atoms with Gasteiger partial charge in [-0.25, -0.2) is 15.0 Å². The van der Waals surface area contributed by atoms with E-state index < -0.39 is 6.10 Å². The number of aliphatic hydroxyl groups is 2. The van der Waals surface area contributed by atoms with Gasteiger partial charge in [-0.1, -0.05) is 42.7 Å². The summed E-state index contributed by atoms with van der Waals surface area (Å²) >= 11 is 0. The van der Waals surface area contributed by atoms with Gasteiger partial charge >= 0.3 is 5.97 Å². The topological polar surface area (TPSA) is 116 Å². The zero-order valence-electron chi connectivity index (χ0n) is 35.1. The normalized spacial score (nSPS) is 22.7. The van der Waals surface area contributed by atoms with Crippen molar-refractivity contribution in [1.29, 1.82) is 0 Å². The van der Waals surface area contributed by atoms with Crippen LogP contribution >= 0.6 is 0 Å². The van der Waals surface area contributed by atoms with Gasteiger partial charge in [-0.3, -0.25) is 4.79 Å². The van der Waals surface area contributed by atoms with E-state index in [2.05, 4.69) is 71.2 Å². The van der Waals surface area contributed by atoms with Crippen LogP contribution in [0.3, 0.4) is 0 Å². The van der Waals surface area contributed by atoms with Crippen LogP contribution in [0, 0.1) is 11.8 Å². The Morgan fingerprint density at radius 2 is 1.62 bits per heavy atom. The zero-order valence-corrected chi connectivity index (χ0v) is 35.1. The second kappa shape index (κ2) is 17.1. The Bertz CT molecular complexity index is 2160. The van der Waals surface area contributed by atoms with Crippen molar-refractivity contribution in [2.45, 2.75) is 127 Å². The number of ether oxygens (including phenoxy) is 1. The number of aliphatic hydroxyl groups excluding tert-OH is 2. The minimum atomic E-state index is -0.708. The van der Waals surface area contributed by atoms with Gasteiger partial charge in [-0.15, -0.1) is 0 Å². The summed E-state index contributed by atoms with van der Waals surface area (Å²) in [6.45, 7) is 21.1. The summed E-state index contributed by atoms with van der Waals surface area (Å²) < 4.78 is 5.71. The van der Waals surface area contributed by atoms with E-state index in [9.17, 15) is 15.0 Å². The Hall–Kier alpha value is -4.82. The van der Waals surface area contributed by atoms with Crippen LogP contribution in [0.4, 0.5) is 0 Å². The van der Waals surface area contributed by atoms with Crippen molar-refractivity contribution in [1.82, 2.24) is 5.32 Å². The molecule has 6 rings (SSSR count). The number of aliphatic imine (C=N–C) groups is 3. The molecule has 1 saturated heterocycles. The zero-order chi connectivity index (χ0) is 40.4. The van der Waals surface area contributed by atoms with Crippen molar-refractivity contribution in [3.8, 4) is 0 Å². The molecule has 6 aliphatic rings. The molecule has 0 aromatic carbocycles. The summed E-state index contributed by atoms with van der Waals surface area (Å²) in [7, 11) is 0. The van der Waals surface area contributed by atoms with Gasteiger partial charge in [-0.05, 0) is 141 Å². The largest absolute Gasteiger partial charge is 0.511 e. The van der Waals surface area contributed by atoms with Crippen LogP contribution in [0.15, 0.2) is 141 Å². The van der Waals surface area contributed by atoms with E-state index in [1.807, 2.05) is 32.9 Å². The third-order valence-corrected chi connectivity index (χ3v) is 12.0. The number of esters is 1. The van der Waals surface area contributed by atoms with Gasteiger partial charge in [0.2, 0.25) is 0 Å². The Balaban J connectivity index is 1.27. The Kier molecular flexibility index (Phi) is 12.5. The van der Waals surface area contributed by atoms with Crippen LogP contribution in [0.2, 0.25) is 0 Å². The fraction of sp³-hybridized carbons (Fsp3) is 0.458. The molecule has 8 nitrogen and oxygen atoms in total. The summed E-state index contributed by atoms with van der Waals surface area (Å²) in [6.07, 6.45) is 18.0. The number of carbonyl (C=O) groups is 1. The molecule has 5 aliphatic heterocycles. The average molecular weight is 757 g/mol. The van der Waals surface area contributed by atoms with E-state index >= 15 is 0 Å². The third kappa shape index (κ3) is 8.46. The first-order valence-electron chi connectivity index (χ1n) is 20.4. The average Bonchev–Trinajstić information content (AvgIpc) is 3.89. The van der Waals surface area contributed by atoms with Gasteiger partial charge in [-0.2, -0.15) is 0 Å². The van der Waals surface area contributed by atoms with Crippen LogP contribution in [0.5, 0.6) is 0 Å². The highest BCUT2D eigenvalue weighted by Gasteiger charge is 2.39. The van der Waals surface area contributed by atoms with Crippen LogP contribution in [0.25, 0.3) is 0 Å². The number of carbonyl (C=O) groups excluding carboxylic acids is 1. The number of rotatable bonds is 13. The molecule has 0 aromatic heterocycles. The Morgan fingerprint density at radius 3 is 2.32 bits per heavy atom. The van der Waals surface area contributed by atoms with Crippen molar-refractivity contribution in [3.63, 3.8) is 0 Å². The van der Waals surface area contributed by atoms with Gasteiger partial charge in [0, 0.05) is 52.8 Å². The predicted molar refractivity (Wildman–Crippen MR) is 229 cm³/mol. The van der Waals surface area contributed by atoms with E-state index in [0.717, 1.165) is 117 Å². The first kappa shape index (κ1) is 40.8. The minimum Gasteiger partial charge on any atom is -0.511 e. The standard InChI is InChI=1S/C48H60N4O4/c1-11-34-29(6)37-25-42-45(33(10)53)31(8)39(50-42)23-38-30(7)35(18-19-44(55)56-21-20-28(5)17-13-16-27(4)15-12-14-26(2)3)47(51-38)36-22-43(54)46-32(9)40(52-48(36)46)24-41(34)49-37/h14,16,20,23-25,29,33-34,49,53-54H,11-13,15,17-19,21-22H2,1-10H3/b27-16+,28-20+,37-25?,39-23?,41-24?,47-36?/t29-,33?,34-/m1/s1. The smallest absolute Gasteiger partial charge is 0.306 e. The maximum atomic E-state index is 13.2. The van der Waals surface area contributed by atoms with E-state index in [1.54, 1.807) is 6.92 Å². The molecule has 8 heteroatoms. The van der Waals surface area contributed by atoms with Gasteiger partial charge in [0.1, 0.15) is 12.4 Å². The van der Waals surface area contributed by atoms with Gasteiger partial charge < -0.3 is 20.3 Å². The summed E-state index contributed by atoms with van der Waals surface area (Å²) in [6, 6.07) is 0. The number of nitrogens with one attached hydrogen (secondary N) is 1. The highest BCUT2D eigenvalue weighted by molar-refractivity contribution is 6.22. The molecular weight excluding hydrogens is 697 g/mol. The van der Waals surface area contributed by atoms with Crippen molar-refractivity contribution < 1.29 is 19.7 Å². The fourth-order valence-electron chi connectivity index (χ4n) is 8.58. The van der Waals surface area contributed by atoms with Crippen LogP contribution in [-0.2, 0) is 9.53 Å².